The number of carbonyl (C=O) groups is 2. The third-order valence-corrected chi connectivity index (χ3v) is 1.88. The number of amides is 1. The van der Waals surface area contributed by atoms with Gasteiger partial charge in [-0.15, -0.1) is 0 Å². The van der Waals surface area contributed by atoms with Crippen LogP contribution in [0.2, 0.25) is 0 Å². The molecule has 1 aromatic rings. The van der Waals surface area contributed by atoms with E-state index < -0.39 is 42.4 Å². The van der Waals surface area contributed by atoms with Crippen molar-refractivity contribution in [1.29, 1.82) is 0 Å². The summed E-state index contributed by atoms with van der Waals surface area (Å²) in [4.78, 5) is 32.9. The van der Waals surface area contributed by atoms with Crippen LogP contribution in [0.1, 0.15) is 10.5 Å². The van der Waals surface area contributed by atoms with Crippen molar-refractivity contribution in [3.8, 4) is 0 Å². The number of aliphatic carboxylic acids is 1. The molecule has 104 valence electrons. The lowest BCUT2D eigenvalue weighted by molar-refractivity contribution is -0.149. The van der Waals surface area contributed by atoms with Crippen LogP contribution in [-0.2, 0) is 4.79 Å². The Morgan fingerprint density at radius 3 is 2.42 bits per heavy atom. The third kappa shape index (κ3) is 4.77. The Bertz CT molecular complexity index is 520. The number of halogens is 3. The summed E-state index contributed by atoms with van der Waals surface area (Å²) < 4.78 is 36.7. The largest absolute Gasteiger partial charge is 0.480 e. The number of nitrogens with one attached hydrogen (secondary N) is 1. The van der Waals surface area contributed by atoms with Gasteiger partial charge in [-0.05, 0) is 6.07 Å². The number of alkyl halides is 3. The van der Waals surface area contributed by atoms with Crippen molar-refractivity contribution in [1.82, 2.24) is 15.1 Å². The number of hydrogen-bond donors (Lipinski definition) is 2. The lowest BCUT2D eigenvalue weighted by Crippen LogP contribution is -2.42. The Labute approximate surface area is 103 Å². The zero-order valence-electron chi connectivity index (χ0n) is 9.27. The second-order valence-corrected chi connectivity index (χ2v) is 3.48. The molecule has 0 unspecified atom stereocenters. The summed E-state index contributed by atoms with van der Waals surface area (Å²) in [6.45, 7) is -2.85. The molecule has 0 aliphatic rings. The molecule has 0 aliphatic heterocycles. The van der Waals surface area contributed by atoms with E-state index in [1.165, 1.54) is 0 Å². The predicted octanol–water partition coefficient (Wildman–Crippen LogP) is -0.141. The molecule has 0 spiro atoms. The maximum Gasteiger partial charge on any atom is 0.406 e. The number of hydrogen-bond acceptors (Lipinski definition) is 4. The topological polar surface area (TPSA) is 103 Å². The Hall–Kier alpha value is -2.39. The lowest BCUT2D eigenvalue weighted by Gasteiger charge is -2.21. The second-order valence-electron chi connectivity index (χ2n) is 3.48. The Morgan fingerprint density at radius 2 is 2.00 bits per heavy atom. The van der Waals surface area contributed by atoms with Gasteiger partial charge < -0.3 is 10.0 Å². The van der Waals surface area contributed by atoms with Gasteiger partial charge in [0.05, 0.1) is 0 Å². The Morgan fingerprint density at radius 1 is 1.37 bits per heavy atom. The molecule has 0 atom stereocenters. The first-order valence-electron chi connectivity index (χ1n) is 4.82. The summed E-state index contributed by atoms with van der Waals surface area (Å²) >= 11 is 0. The fraction of sp³-hybridized carbons (Fsp3) is 0.333. The summed E-state index contributed by atoms with van der Waals surface area (Å²) in [5, 5.41) is 13.6. The third-order valence-electron chi connectivity index (χ3n) is 1.88. The molecule has 1 amide bonds. The molecule has 0 aromatic carbocycles. The van der Waals surface area contributed by atoms with Crippen molar-refractivity contribution in [2.24, 2.45) is 0 Å². The molecule has 10 heteroatoms. The summed E-state index contributed by atoms with van der Waals surface area (Å²) in [6, 6.07) is 1.80. The van der Waals surface area contributed by atoms with Crippen molar-refractivity contribution in [3.05, 3.63) is 28.2 Å². The highest BCUT2D eigenvalue weighted by Gasteiger charge is 2.34. The molecule has 1 heterocycles. The van der Waals surface area contributed by atoms with Crippen molar-refractivity contribution >= 4 is 11.9 Å². The molecule has 1 rings (SSSR count). The van der Waals surface area contributed by atoms with Crippen molar-refractivity contribution in [3.63, 3.8) is 0 Å². The first kappa shape index (κ1) is 14.7. The summed E-state index contributed by atoms with van der Waals surface area (Å²) in [6.07, 6.45) is -4.74. The van der Waals surface area contributed by atoms with Crippen LogP contribution < -0.4 is 5.56 Å². The number of carboxylic acid groups (broad SMARTS) is 1. The highest BCUT2D eigenvalue weighted by molar-refractivity contribution is 5.93. The van der Waals surface area contributed by atoms with E-state index in [0.29, 0.717) is 0 Å². The van der Waals surface area contributed by atoms with Gasteiger partial charge in [-0.3, -0.25) is 14.4 Å². The minimum atomic E-state index is -4.74. The number of aromatic amines is 1. The first-order chi connectivity index (χ1) is 8.69. The van der Waals surface area contributed by atoms with E-state index in [1.807, 2.05) is 5.10 Å². The maximum absolute atomic E-state index is 12.2. The second kappa shape index (κ2) is 5.50. The molecule has 0 radical (unpaired) electrons. The van der Waals surface area contributed by atoms with Gasteiger partial charge >= 0.3 is 12.1 Å². The van der Waals surface area contributed by atoms with Gasteiger partial charge in [-0.2, -0.15) is 18.3 Å². The number of aromatic nitrogens is 2. The van der Waals surface area contributed by atoms with E-state index in [-0.39, 0.29) is 4.90 Å². The molecule has 0 saturated heterocycles. The van der Waals surface area contributed by atoms with E-state index in [9.17, 15) is 27.6 Å². The Kier molecular flexibility index (Phi) is 4.25. The van der Waals surface area contributed by atoms with E-state index in [0.717, 1.165) is 12.1 Å². The van der Waals surface area contributed by atoms with Crippen molar-refractivity contribution < 1.29 is 27.9 Å². The summed E-state index contributed by atoms with van der Waals surface area (Å²) in [5.74, 6) is -2.84. The molecule has 7 nitrogen and oxygen atoms in total. The molecular formula is C9H8F3N3O4. The van der Waals surface area contributed by atoms with Crippen LogP contribution in [0.25, 0.3) is 0 Å². The quantitative estimate of drug-likeness (QED) is 0.798. The van der Waals surface area contributed by atoms with Gasteiger partial charge in [0.25, 0.3) is 11.5 Å². The minimum absolute atomic E-state index is 0.0724. The van der Waals surface area contributed by atoms with Crippen molar-refractivity contribution in [2.75, 3.05) is 13.1 Å². The molecule has 0 fully saturated rings. The number of nitrogens with zero attached hydrogens (tertiary/aromatic N) is 2. The highest BCUT2D eigenvalue weighted by Crippen LogP contribution is 2.17. The highest BCUT2D eigenvalue weighted by atomic mass is 19.4. The molecule has 0 saturated carbocycles. The van der Waals surface area contributed by atoms with Gasteiger partial charge in [0.1, 0.15) is 18.8 Å². The number of carboxylic acids is 1. The van der Waals surface area contributed by atoms with Crippen LogP contribution in [0.5, 0.6) is 0 Å². The molecule has 2 N–H and O–H groups in total. The smallest absolute Gasteiger partial charge is 0.406 e. The number of rotatable bonds is 4. The maximum atomic E-state index is 12.2. The monoisotopic (exact) mass is 279 g/mol. The SMILES string of the molecule is O=C(O)CN(CC(F)(F)F)C(=O)c1ccc(=O)[nH]n1. The zero-order valence-corrected chi connectivity index (χ0v) is 9.27. The molecule has 0 bridgehead atoms. The Balaban J connectivity index is 2.96. The van der Waals surface area contributed by atoms with Gasteiger partial charge in [0, 0.05) is 6.07 Å². The van der Waals surface area contributed by atoms with Gasteiger partial charge in [-0.25, -0.2) is 5.10 Å². The fourth-order valence-corrected chi connectivity index (χ4v) is 1.20. The lowest BCUT2D eigenvalue weighted by atomic mass is 10.3. The average molecular weight is 279 g/mol. The van der Waals surface area contributed by atoms with Crippen LogP contribution in [0.3, 0.4) is 0 Å². The first-order valence-corrected chi connectivity index (χ1v) is 4.82. The van der Waals surface area contributed by atoms with E-state index in [2.05, 4.69) is 5.10 Å². The number of carbonyl (C=O) groups excluding carboxylic acids is 1. The normalized spacial score (nSPS) is 11.1. The summed E-state index contributed by atoms with van der Waals surface area (Å²) in [5.41, 5.74) is -1.12. The van der Waals surface area contributed by atoms with Crippen LogP contribution in [-0.4, -0.2) is 51.3 Å². The molecule has 19 heavy (non-hydrogen) atoms. The molecular weight excluding hydrogens is 271 g/mol. The standard InChI is InChI=1S/C9H8F3N3O4/c10-9(11,12)4-15(3-7(17)18)8(19)5-1-2-6(16)14-13-5/h1-2H,3-4H2,(H,14,16)(H,17,18). The average Bonchev–Trinajstić information content (AvgIpc) is 2.25. The summed E-state index contributed by atoms with van der Waals surface area (Å²) in [7, 11) is 0. The van der Waals surface area contributed by atoms with E-state index in [1.54, 1.807) is 0 Å². The van der Waals surface area contributed by atoms with Crippen molar-refractivity contribution in [2.45, 2.75) is 6.18 Å². The van der Waals surface area contributed by atoms with Gasteiger partial charge in [-0.1, -0.05) is 0 Å². The van der Waals surface area contributed by atoms with Crippen LogP contribution in [0, 0.1) is 0 Å². The molecule has 1 aromatic heterocycles. The van der Waals surface area contributed by atoms with E-state index in [4.69, 9.17) is 5.11 Å². The number of H-pyrrole nitrogens is 1. The van der Waals surface area contributed by atoms with Crippen LogP contribution in [0.15, 0.2) is 16.9 Å². The van der Waals surface area contributed by atoms with Crippen LogP contribution >= 0.6 is 0 Å². The zero-order chi connectivity index (χ0) is 14.6. The van der Waals surface area contributed by atoms with Gasteiger partial charge in [0.2, 0.25) is 0 Å². The predicted molar refractivity (Wildman–Crippen MR) is 54.5 cm³/mol. The molecule has 0 aliphatic carbocycles. The van der Waals surface area contributed by atoms with E-state index >= 15 is 0 Å². The van der Waals surface area contributed by atoms with Crippen LogP contribution in [0.4, 0.5) is 13.2 Å². The minimum Gasteiger partial charge on any atom is -0.480 e. The fourth-order valence-electron chi connectivity index (χ4n) is 1.20. The van der Waals surface area contributed by atoms with Gasteiger partial charge in [0.15, 0.2) is 0 Å².